The molecule has 1 amide bonds. The van der Waals surface area contributed by atoms with Gasteiger partial charge in [-0.1, -0.05) is 67.6 Å². The van der Waals surface area contributed by atoms with E-state index in [0.717, 1.165) is 24.2 Å². The zero-order chi connectivity index (χ0) is 16.3. The van der Waals surface area contributed by atoms with Crippen molar-refractivity contribution in [3.8, 4) is 0 Å². The van der Waals surface area contributed by atoms with Gasteiger partial charge >= 0.3 is 0 Å². The van der Waals surface area contributed by atoms with E-state index in [1.165, 1.54) is 0 Å². The molecular formula is C20H25ClN2O. The maximum Gasteiger partial charge on any atom is 0.224 e. The van der Waals surface area contributed by atoms with Gasteiger partial charge in [0.25, 0.3) is 0 Å². The minimum atomic E-state index is -0.523. The van der Waals surface area contributed by atoms with E-state index < -0.39 is 5.54 Å². The maximum atomic E-state index is 12.8. The van der Waals surface area contributed by atoms with Gasteiger partial charge in [-0.15, -0.1) is 12.4 Å². The molecule has 4 heteroatoms. The first-order valence-electron chi connectivity index (χ1n) is 8.25. The highest BCUT2D eigenvalue weighted by atomic mass is 35.5. The van der Waals surface area contributed by atoms with Crippen LogP contribution in [-0.2, 0) is 10.3 Å². The fourth-order valence-electron chi connectivity index (χ4n) is 3.09. The van der Waals surface area contributed by atoms with E-state index in [1.807, 2.05) is 43.3 Å². The van der Waals surface area contributed by atoms with Crippen LogP contribution in [0.25, 0.3) is 0 Å². The number of hydrogen-bond acceptors (Lipinski definition) is 2. The molecule has 128 valence electrons. The van der Waals surface area contributed by atoms with Crippen molar-refractivity contribution in [2.24, 2.45) is 11.8 Å². The molecular weight excluding hydrogens is 320 g/mol. The molecule has 0 radical (unpaired) electrons. The minimum absolute atomic E-state index is 0. The standard InChI is InChI=1S/C20H24N2O.ClH/c1-15(16-13-21-14-16)19(23)22-20(2,17-9-5-3-6-10-17)18-11-7-4-8-12-18;/h3-12,15-16,21H,13-14H2,1-2H3,(H,22,23);1H. The predicted molar refractivity (Wildman–Crippen MR) is 100 cm³/mol. The first-order valence-corrected chi connectivity index (χ1v) is 8.25. The summed E-state index contributed by atoms with van der Waals surface area (Å²) in [7, 11) is 0. The van der Waals surface area contributed by atoms with Crippen LogP contribution in [0.3, 0.4) is 0 Å². The van der Waals surface area contributed by atoms with Crippen LogP contribution in [0, 0.1) is 11.8 Å². The van der Waals surface area contributed by atoms with Crippen LogP contribution in [0.15, 0.2) is 60.7 Å². The molecule has 1 fully saturated rings. The minimum Gasteiger partial charge on any atom is -0.343 e. The fourth-order valence-corrected chi connectivity index (χ4v) is 3.09. The molecule has 0 aliphatic carbocycles. The second kappa shape index (κ2) is 7.82. The number of carbonyl (C=O) groups excluding carboxylic acids is 1. The van der Waals surface area contributed by atoms with Gasteiger partial charge in [-0.25, -0.2) is 0 Å². The molecule has 0 saturated carbocycles. The quantitative estimate of drug-likeness (QED) is 0.873. The summed E-state index contributed by atoms with van der Waals surface area (Å²) >= 11 is 0. The number of benzene rings is 2. The van der Waals surface area contributed by atoms with Crippen molar-refractivity contribution in [1.82, 2.24) is 10.6 Å². The number of rotatable bonds is 5. The molecule has 2 aromatic carbocycles. The number of halogens is 1. The lowest BCUT2D eigenvalue weighted by atomic mass is 9.82. The van der Waals surface area contributed by atoms with Crippen LogP contribution in [0.2, 0.25) is 0 Å². The summed E-state index contributed by atoms with van der Waals surface area (Å²) in [6.07, 6.45) is 0. The molecule has 1 unspecified atom stereocenters. The molecule has 24 heavy (non-hydrogen) atoms. The van der Waals surface area contributed by atoms with Crippen molar-refractivity contribution in [3.05, 3.63) is 71.8 Å². The molecule has 1 aliphatic rings. The fraction of sp³-hybridized carbons (Fsp3) is 0.350. The highest BCUT2D eigenvalue weighted by Crippen LogP contribution is 2.30. The summed E-state index contributed by atoms with van der Waals surface area (Å²) in [4.78, 5) is 12.8. The van der Waals surface area contributed by atoms with Gasteiger partial charge in [-0.2, -0.15) is 0 Å². The number of carbonyl (C=O) groups is 1. The lowest BCUT2D eigenvalue weighted by Gasteiger charge is -2.37. The van der Waals surface area contributed by atoms with Crippen molar-refractivity contribution in [2.45, 2.75) is 19.4 Å². The highest BCUT2D eigenvalue weighted by Gasteiger charge is 2.35. The number of amides is 1. The third-order valence-corrected chi connectivity index (χ3v) is 5.01. The van der Waals surface area contributed by atoms with Crippen LogP contribution in [0.5, 0.6) is 0 Å². The Labute approximate surface area is 150 Å². The lowest BCUT2D eigenvalue weighted by Crippen LogP contribution is -2.53. The van der Waals surface area contributed by atoms with E-state index in [4.69, 9.17) is 0 Å². The van der Waals surface area contributed by atoms with E-state index >= 15 is 0 Å². The second-order valence-corrected chi connectivity index (χ2v) is 6.55. The van der Waals surface area contributed by atoms with Crippen LogP contribution < -0.4 is 10.6 Å². The van der Waals surface area contributed by atoms with Gasteiger partial charge in [0, 0.05) is 5.92 Å². The van der Waals surface area contributed by atoms with Crippen LogP contribution in [0.1, 0.15) is 25.0 Å². The molecule has 1 atom stereocenters. The molecule has 1 aliphatic heterocycles. The first-order chi connectivity index (χ1) is 11.1. The molecule has 1 saturated heterocycles. The summed E-state index contributed by atoms with van der Waals surface area (Å²) < 4.78 is 0. The predicted octanol–water partition coefficient (Wildman–Crippen LogP) is 3.34. The average molecular weight is 345 g/mol. The van der Waals surface area contributed by atoms with E-state index in [0.29, 0.717) is 5.92 Å². The van der Waals surface area contributed by atoms with Crippen molar-refractivity contribution < 1.29 is 4.79 Å². The lowest BCUT2D eigenvalue weighted by molar-refractivity contribution is -0.128. The first kappa shape index (κ1) is 18.5. The smallest absolute Gasteiger partial charge is 0.224 e. The molecule has 0 bridgehead atoms. The Bertz CT molecular complexity index is 616. The molecule has 3 rings (SSSR count). The van der Waals surface area contributed by atoms with Gasteiger partial charge in [0.2, 0.25) is 5.91 Å². The summed E-state index contributed by atoms with van der Waals surface area (Å²) in [5, 5.41) is 6.55. The third kappa shape index (κ3) is 3.63. The summed E-state index contributed by atoms with van der Waals surface area (Å²) in [5.74, 6) is 0.570. The second-order valence-electron chi connectivity index (χ2n) is 6.55. The van der Waals surface area contributed by atoms with Gasteiger partial charge < -0.3 is 10.6 Å². The van der Waals surface area contributed by atoms with Crippen molar-refractivity contribution in [2.75, 3.05) is 13.1 Å². The summed E-state index contributed by atoms with van der Waals surface area (Å²) in [6.45, 7) is 5.97. The van der Waals surface area contributed by atoms with E-state index in [9.17, 15) is 4.79 Å². The van der Waals surface area contributed by atoms with Gasteiger partial charge in [0.1, 0.15) is 0 Å². The largest absolute Gasteiger partial charge is 0.343 e. The monoisotopic (exact) mass is 344 g/mol. The SMILES string of the molecule is CC(C(=O)NC(C)(c1ccccc1)c1ccccc1)C1CNC1.Cl. The maximum absolute atomic E-state index is 12.8. The topological polar surface area (TPSA) is 41.1 Å². The van der Waals surface area contributed by atoms with Gasteiger partial charge in [-0.05, 0) is 37.1 Å². The Kier molecular flexibility index (Phi) is 6.03. The summed E-state index contributed by atoms with van der Waals surface area (Å²) in [5.41, 5.74) is 1.67. The number of hydrogen-bond donors (Lipinski definition) is 2. The average Bonchev–Trinajstić information content (AvgIpc) is 2.54. The molecule has 3 nitrogen and oxygen atoms in total. The normalized spacial score (nSPS) is 15.8. The van der Waals surface area contributed by atoms with E-state index in [-0.39, 0.29) is 24.2 Å². The Hall–Kier alpha value is -1.84. The van der Waals surface area contributed by atoms with Crippen molar-refractivity contribution >= 4 is 18.3 Å². The van der Waals surface area contributed by atoms with Crippen LogP contribution in [0.4, 0.5) is 0 Å². The van der Waals surface area contributed by atoms with Gasteiger partial charge in [0.05, 0.1) is 5.54 Å². The zero-order valence-electron chi connectivity index (χ0n) is 14.2. The molecule has 1 heterocycles. The van der Waals surface area contributed by atoms with Crippen molar-refractivity contribution in [3.63, 3.8) is 0 Å². The Morgan fingerprint density at radius 3 is 1.88 bits per heavy atom. The molecule has 0 aromatic heterocycles. The molecule has 2 aromatic rings. The Morgan fingerprint density at radius 1 is 1.04 bits per heavy atom. The van der Waals surface area contributed by atoms with Gasteiger partial charge in [0.15, 0.2) is 0 Å². The zero-order valence-corrected chi connectivity index (χ0v) is 15.0. The Morgan fingerprint density at radius 2 is 1.50 bits per heavy atom. The molecule has 2 N–H and O–H groups in total. The number of nitrogens with one attached hydrogen (secondary N) is 2. The van der Waals surface area contributed by atoms with Crippen molar-refractivity contribution in [1.29, 1.82) is 0 Å². The van der Waals surface area contributed by atoms with E-state index in [2.05, 4.69) is 41.8 Å². The third-order valence-electron chi connectivity index (χ3n) is 5.01. The van der Waals surface area contributed by atoms with Gasteiger partial charge in [-0.3, -0.25) is 4.79 Å². The Balaban J connectivity index is 0.00000208. The highest BCUT2D eigenvalue weighted by molar-refractivity contribution is 5.85. The van der Waals surface area contributed by atoms with Crippen LogP contribution >= 0.6 is 12.4 Å². The van der Waals surface area contributed by atoms with Crippen LogP contribution in [-0.4, -0.2) is 19.0 Å². The summed E-state index contributed by atoms with van der Waals surface area (Å²) in [6, 6.07) is 20.4. The van der Waals surface area contributed by atoms with E-state index in [1.54, 1.807) is 0 Å². The molecule has 0 spiro atoms.